The highest BCUT2D eigenvalue weighted by Gasteiger charge is 2.28. The molecule has 74 valence electrons. The highest BCUT2D eigenvalue weighted by Crippen LogP contribution is 2.29. The Morgan fingerprint density at radius 1 is 1.38 bits per heavy atom. The molecule has 0 aromatic heterocycles. The summed E-state index contributed by atoms with van der Waals surface area (Å²) in [5.74, 6) is -0.971. The Labute approximate surface area is 78.5 Å². The molecule has 0 amide bonds. The van der Waals surface area contributed by atoms with Crippen LogP contribution in [0.5, 0.6) is 0 Å². The molecule has 0 aliphatic heterocycles. The molecular formula is C10H16O3. The lowest BCUT2D eigenvalue weighted by Crippen LogP contribution is -2.23. The molecule has 0 aliphatic carbocycles. The highest BCUT2D eigenvalue weighted by molar-refractivity contribution is 5.89. The molecule has 0 radical (unpaired) electrons. The number of Topliss-reactive ketones (excluding diaryl/α,β-unsaturated/α-hetero) is 1. The summed E-state index contributed by atoms with van der Waals surface area (Å²) >= 11 is 0. The summed E-state index contributed by atoms with van der Waals surface area (Å²) < 4.78 is 0. The van der Waals surface area contributed by atoms with Gasteiger partial charge in [0, 0.05) is 23.8 Å². The summed E-state index contributed by atoms with van der Waals surface area (Å²) in [6, 6.07) is 0. The molecule has 0 unspecified atom stereocenters. The largest absolute Gasteiger partial charge is 0.478 e. The van der Waals surface area contributed by atoms with Crippen molar-refractivity contribution in [2.45, 2.75) is 33.6 Å². The number of carbonyl (C=O) groups excluding carboxylic acids is 1. The minimum Gasteiger partial charge on any atom is -0.478 e. The normalized spacial score (nSPS) is 11.0. The maximum absolute atomic E-state index is 11.1. The molecule has 3 heteroatoms. The number of carbonyl (C=O) groups is 2. The first-order chi connectivity index (χ1) is 5.81. The Morgan fingerprint density at radius 2 is 1.85 bits per heavy atom. The molecule has 0 saturated heterocycles. The second-order valence-corrected chi connectivity index (χ2v) is 3.74. The molecule has 3 nitrogen and oxygen atoms in total. The summed E-state index contributed by atoms with van der Waals surface area (Å²) in [7, 11) is 0. The molecule has 0 fully saturated rings. The minimum absolute atomic E-state index is 0.0624. The number of aliphatic carboxylic acids is 1. The van der Waals surface area contributed by atoms with Gasteiger partial charge >= 0.3 is 5.97 Å². The van der Waals surface area contributed by atoms with Gasteiger partial charge in [-0.2, -0.15) is 0 Å². The first-order valence-corrected chi connectivity index (χ1v) is 4.25. The molecule has 0 aliphatic rings. The lowest BCUT2D eigenvalue weighted by molar-refractivity contribution is -0.133. The van der Waals surface area contributed by atoms with Crippen LogP contribution in [-0.4, -0.2) is 16.9 Å². The fraction of sp³-hybridized carbons (Fsp3) is 0.600. The van der Waals surface area contributed by atoms with E-state index in [1.165, 1.54) is 0 Å². The zero-order valence-corrected chi connectivity index (χ0v) is 8.39. The van der Waals surface area contributed by atoms with Crippen LogP contribution >= 0.6 is 0 Å². The van der Waals surface area contributed by atoms with E-state index in [2.05, 4.69) is 6.58 Å². The zero-order chi connectivity index (χ0) is 10.6. The van der Waals surface area contributed by atoms with Gasteiger partial charge in [0.25, 0.3) is 0 Å². The molecule has 0 atom stereocenters. The third-order valence-electron chi connectivity index (χ3n) is 2.11. The Morgan fingerprint density at radius 3 is 2.15 bits per heavy atom. The number of ketones is 1. The SMILES string of the molecule is C=C(C(=O)O)C(C)(C)CC(=O)CC. The summed E-state index contributed by atoms with van der Waals surface area (Å²) in [5.41, 5.74) is -0.548. The Balaban J connectivity index is 4.48. The predicted octanol–water partition coefficient (Wildman–Crippen LogP) is 2.02. The van der Waals surface area contributed by atoms with Gasteiger partial charge in [0.1, 0.15) is 5.78 Å². The molecule has 0 spiro atoms. The fourth-order valence-corrected chi connectivity index (χ4v) is 1.01. The standard InChI is InChI=1S/C10H16O3/c1-5-8(11)6-10(3,4)7(2)9(12)13/h2,5-6H2,1,3-4H3,(H,12,13). The quantitative estimate of drug-likeness (QED) is 0.665. The van der Waals surface area contributed by atoms with Crippen LogP contribution in [0.3, 0.4) is 0 Å². The summed E-state index contributed by atoms with van der Waals surface area (Å²) in [4.78, 5) is 21.7. The van der Waals surface area contributed by atoms with E-state index < -0.39 is 11.4 Å². The van der Waals surface area contributed by atoms with Crippen LogP contribution in [-0.2, 0) is 9.59 Å². The third-order valence-corrected chi connectivity index (χ3v) is 2.11. The smallest absolute Gasteiger partial charge is 0.331 e. The van der Waals surface area contributed by atoms with Crippen molar-refractivity contribution in [1.29, 1.82) is 0 Å². The Kier molecular flexibility index (Phi) is 3.85. The van der Waals surface area contributed by atoms with Crippen molar-refractivity contribution in [3.8, 4) is 0 Å². The first-order valence-electron chi connectivity index (χ1n) is 4.25. The molecule has 0 saturated carbocycles. The highest BCUT2D eigenvalue weighted by atomic mass is 16.4. The van der Waals surface area contributed by atoms with Gasteiger partial charge in [0.05, 0.1) is 0 Å². The lowest BCUT2D eigenvalue weighted by Gasteiger charge is -2.23. The van der Waals surface area contributed by atoms with Crippen molar-refractivity contribution in [3.63, 3.8) is 0 Å². The van der Waals surface area contributed by atoms with Gasteiger partial charge in [-0.3, -0.25) is 4.79 Å². The number of carboxylic acids is 1. The van der Waals surface area contributed by atoms with Crippen molar-refractivity contribution in [1.82, 2.24) is 0 Å². The summed E-state index contributed by atoms with van der Waals surface area (Å²) in [6.45, 7) is 8.67. The van der Waals surface area contributed by atoms with E-state index in [0.717, 1.165) is 0 Å². The van der Waals surface area contributed by atoms with Crippen LogP contribution in [0.2, 0.25) is 0 Å². The minimum atomic E-state index is -1.03. The first kappa shape index (κ1) is 11.9. The van der Waals surface area contributed by atoms with Gasteiger partial charge in [-0.1, -0.05) is 27.4 Å². The summed E-state index contributed by atoms with van der Waals surface area (Å²) in [5, 5.41) is 8.69. The maximum atomic E-state index is 11.1. The number of hydrogen-bond acceptors (Lipinski definition) is 2. The van der Waals surface area contributed by atoms with E-state index in [1.54, 1.807) is 20.8 Å². The van der Waals surface area contributed by atoms with E-state index in [1.807, 2.05) is 0 Å². The molecular weight excluding hydrogens is 168 g/mol. The summed E-state index contributed by atoms with van der Waals surface area (Å²) in [6.07, 6.45) is 0.685. The second kappa shape index (κ2) is 4.21. The van der Waals surface area contributed by atoms with Gasteiger partial charge in [0.2, 0.25) is 0 Å². The number of carboxylic acid groups (broad SMARTS) is 1. The second-order valence-electron chi connectivity index (χ2n) is 3.74. The van der Waals surface area contributed by atoms with Crippen molar-refractivity contribution < 1.29 is 14.7 Å². The van der Waals surface area contributed by atoms with Crippen LogP contribution in [0.15, 0.2) is 12.2 Å². The average molecular weight is 184 g/mol. The molecule has 0 aromatic rings. The third kappa shape index (κ3) is 3.40. The fourth-order valence-electron chi connectivity index (χ4n) is 1.01. The van der Waals surface area contributed by atoms with Gasteiger partial charge < -0.3 is 5.11 Å². The van der Waals surface area contributed by atoms with Crippen molar-refractivity contribution in [2.75, 3.05) is 0 Å². The van der Waals surface area contributed by atoms with Crippen LogP contribution < -0.4 is 0 Å². The van der Waals surface area contributed by atoms with Crippen molar-refractivity contribution >= 4 is 11.8 Å². The Hall–Kier alpha value is -1.12. The average Bonchev–Trinajstić information content (AvgIpc) is 2.01. The lowest BCUT2D eigenvalue weighted by atomic mass is 9.80. The van der Waals surface area contributed by atoms with E-state index in [0.29, 0.717) is 6.42 Å². The van der Waals surface area contributed by atoms with E-state index in [4.69, 9.17) is 5.11 Å². The van der Waals surface area contributed by atoms with Gasteiger partial charge in [-0.15, -0.1) is 0 Å². The van der Waals surface area contributed by atoms with Crippen LogP contribution in [0.4, 0.5) is 0 Å². The van der Waals surface area contributed by atoms with Crippen LogP contribution in [0.1, 0.15) is 33.6 Å². The van der Waals surface area contributed by atoms with Crippen molar-refractivity contribution in [2.24, 2.45) is 5.41 Å². The van der Waals surface area contributed by atoms with E-state index in [9.17, 15) is 9.59 Å². The topological polar surface area (TPSA) is 54.4 Å². The van der Waals surface area contributed by atoms with Gasteiger partial charge in [-0.25, -0.2) is 4.79 Å². The van der Waals surface area contributed by atoms with Crippen LogP contribution in [0.25, 0.3) is 0 Å². The van der Waals surface area contributed by atoms with Crippen molar-refractivity contribution in [3.05, 3.63) is 12.2 Å². The molecule has 1 N–H and O–H groups in total. The number of rotatable bonds is 5. The van der Waals surface area contributed by atoms with E-state index >= 15 is 0 Å². The maximum Gasteiger partial charge on any atom is 0.331 e. The molecule has 0 rings (SSSR count). The Bertz CT molecular complexity index is 239. The predicted molar refractivity (Wildman–Crippen MR) is 50.5 cm³/mol. The van der Waals surface area contributed by atoms with Gasteiger partial charge in [-0.05, 0) is 0 Å². The van der Waals surface area contributed by atoms with Gasteiger partial charge in [0.15, 0.2) is 0 Å². The van der Waals surface area contributed by atoms with E-state index in [-0.39, 0.29) is 17.8 Å². The molecule has 13 heavy (non-hydrogen) atoms. The monoisotopic (exact) mass is 184 g/mol. The number of hydrogen-bond donors (Lipinski definition) is 1. The zero-order valence-electron chi connectivity index (χ0n) is 8.39. The molecule has 0 heterocycles. The molecule has 0 bridgehead atoms. The van der Waals surface area contributed by atoms with Crippen LogP contribution in [0, 0.1) is 5.41 Å². The molecule has 0 aromatic carbocycles.